The van der Waals surface area contributed by atoms with Gasteiger partial charge in [0.2, 0.25) is 5.91 Å². The third-order valence-corrected chi connectivity index (χ3v) is 6.24. The molecule has 0 aromatic rings. The summed E-state index contributed by atoms with van der Waals surface area (Å²) in [4.78, 5) is 17.8. The summed E-state index contributed by atoms with van der Waals surface area (Å²) in [6, 6.07) is 1.23. The van der Waals surface area contributed by atoms with Crippen LogP contribution < -0.4 is 5.32 Å². The number of likely N-dealkylation sites (tertiary alicyclic amines) is 2. The molecule has 2 unspecified atom stereocenters. The number of nitrogens with zero attached hydrogens (tertiary/aromatic N) is 2. The van der Waals surface area contributed by atoms with Crippen LogP contribution in [0.5, 0.6) is 0 Å². The van der Waals surface area contributed by atoms with E-state index in [-0.39, 0.29) is 5.92 Å². The summed E-state index contributed by atoms with van der Waals surface area (Å²) in [7, 11) is 0. The van der Waals surface area contributed by atoms with Gasteiger partial charge in [0.15, 0.2) is 0 Å². The Hall–Kier alpha value is -0.610. The first-order chi connectivity index (χ1) is 11.1. The van der Waals surface area contributed by atoms with E-state index in [0.29, 0.717) is 17.9 Å². The van der Waals surface area contributed by atoms with Crippen molar-refractivity contribution in [2.24, 2.45) is 11.8 Å². The molecule has 0 spiro atoms. The quantitative estimate of drug-likeness (QED) is 0.867. The van der Waals surface area contributed by atoms with Crippen LogP contribution in [-0.2, 0) is 4.79 Å². The van der Waals surface area contributed by atoms with Crippen LogP contribution in [0.25, 0.3) is 0 Å². The molecule has 0 saturated carbocycles. The second-order valence-electron chi connectivity index (χ2n) is 8.21. The van der Waals surface area contributed by atoms with E-state index in [0.717, 1.165) is 38.5 Å². The van der Waals surface area contributed by atoms with Crippen LogP contribution in [0, 0.1) is 11.8 Å². The number of piperidine rings is 3. The number of amides is 1. The molecule has 3 fully saturated rings. The molecule has 1 amide bonds. The molecular weight excluding hydrogens is 286 g/mol. The maximum Gasteiger partial charge on any atom is 0.225 e. The molecule has 4 heteroatoms. The molecule has 3 aliphatic heterocycles. The molecule has 3 aliphatic rings. The summed E-state index contributed by atoms with van der Waals surface area (Å²) < 4.78 is 0. The summed E-state index contributed by atoms with van der Waals surface area (Å²) in [5.74, 6) is 1.39. The first kappa shape index (κ1) is 17.2. The van der Waals surface area contributed by atoms with Crippen LogP contribution in [0.2, 0.25) is 0 Å². The third-order valence-electron chi connectivity index (χ3n) is 6.24. The highest BCUT2D eigenvalue weighted by atomic mass is 16.2. The largest absolute Gasteiger partial charge is 0.342 e. The van der Waals surface area contributed by atoms with Gasteiger partial charge >= 0.3 is 0 Å². The summed E-state index contributed by atoms with van der Waals surface area (Å²) in [5.41, 5.74) is 0. The van der Waals surface area contributed by atoms with E-state index in [1.54, 1.807) is 0 Å². The van der Waals surface area contributed by atoms with Gasteiger partial charge in [0.1, 0.15) is 0 Å². The smallest absolute Gasteiger partial charge is 0.225 e. The topological polar surface area (TPSA) is 35.6 Å². The predicted molar refractivity (Wildman–Crippen MR) is 94.4 cm³/mol. The zero-order chi connectivity index (χ0) is 16.2. The molecular formula is C19H35N3O. The van der Waals surface area contributed by atoms with Gasteiger partial charge in [0.05, 0.1) is 0 Å². The Morgan fingerprint density at radius 2 is 1.96 bits per heavy atom. The van der Waals surface area contributed by atoms with Crippen molar-refractivity contribution >= 4 is 5.91 Å². The molecule has 4 atom stereocenters. The molecule has 0 aromatic carbocycles. The lowest BCUT2D eigenvalue weighted by molar-refractivity contribution is -0.138. The second kappa shape index (κ2) is 7.98. The summed E-state index contributed by atoms with van der Waals surface area (Å²) in [6.07, 6.45) is 8.63. The van der Waals surface area contributed by atoms with Crippen molar-refractivity contribution in [2.75, 3.05) is 32.7 Å². The fraction of sp³-hybridized carbons (Fsp3) is 0.947. The summed E-state index contributed by atoms with van der Waals surface area (Å²) in [5, 5.41) is 3.46. The zero-order valence-electron chi connectivity index (χ0n) is 15.1. The lowest BCUT2D eigenvalue weighted by atomic mass is 9.89. The Balaban J connectivity index is 1.52. The van der Waals surface area contributed by atoms with Crippen molar-refractivity contribution in [3.05, 3.63) is 0 Å². The molecule has 0 bridgehead atoms. The molecule has 0 aromatic heterocycles. The van der Waals surface area contributed by atoms with Gasteiger partial charge in [-0.05, 0) is 71.4 Å². The van der Waals surface area contributed by atoms with Gasteiger partial charge in [-0.2, -0.15) is 0 Å². The first-order valence-electron chi connectivity index (χ1n) is 9.89. The Labute approximate surface area is 142 Å². The van der Waals surface area contributed by atoms with E-state index in [9.17, 15) is 4.79 Å². The minimum atomic E-state index is 0.263. The van der Waals surface area contributed by atoms with Crippen molar-refractivity contribution in [1.82, 2.24) is 15.1 Å². The van der Waals surface area contributed by atoms with Crippen LogP contribution >= 0.6 is 0 Å². The van der Waals surface area contributed by atoms with Crippen LogP contribution in [0.3, 0.4) is 0 Å². The lowest BCUT2D eigenvalue weighted by Gasteiger charge is -2.41. The van der Waals surface area contributed by atoms with Crippen LogP contribution in [0.15, 0.2) is 0 Å². The Kier molecular flexibility index (Phi) is 5.97. The molecule has 3 rings (SSSR count). The van der Waals surface area contributed by atoms with Crippen molar-refractivity contribution in [3.63, 3.8) is 0 Å². The monoisotopic (exact) mass is 321 g/mol. The molecule has 0 aliphatic carbocycles. The van der Waals surface area contributed by atoms with Gasteiger partial charge < -0.3 is 15.1 Å². The van der Waals surface area contributed by atoms with Gasteiger partial charge in [0.25, 0.3) is 0 Å². The van der Waals surface area contributed by atoms with Crippen LogP contribution in [0.1, 0.15) is 58.8 Å². The molecule has 132 valence electrons. The molecule has 3 saturated heterocycles. The van der Waals surface area contributed by atoms with Crippen molar-refractivity contribution in [3.8, 4) is 0 Å². The van der Waals surface area contributed by atoms with Crippen LogP contribution in [-0.4, -0.2) is 60.5 Å². The molecule has 23 heavy (non-hydrogen) atoms. The normalized spacial score (nSPS) is 36.9. The number of carbonyl (C=O) groups excluding carboxylic acids is 1. The fourth-order valence-corrected chi connectivity index (χ4v) is 4.79. The minimum absolute atomic E-state index is 0.263. The zero-order valence-corrected chi connectivity index (χ0v) is 15.1. The SMILES string of the molecule is CC1CCCCN1CC1CCCN(C(=O)[C@H]2CCN[C@@H](C)C2)C1. The van der Waals surface area contributed by atoms with Crippen molar-refractivity contribution in [1.29, 1.82) is 0 Å². The van der Waals surface area contributed by atoms with Crippen molar-refractivity contribution in [2.45, 2.75) is 70.9 Å². The highest BCUT2D eigenvalue weighted by Gasteiger charge is 2.32. The van der Waals surface area contributed by atoms with Gasteiger partial charge in [-0.1, -0.05) is 6.42 Å². The average Bonchev–Trinajstić information content (AvgIpc) is 2.56. The van der Waals surface area contributed by atoms with E-state index in [1.165, 1.54) is 45.2 Å². The van der Waals surface area contributed by atoms with E-state index >= 15 is 0 Å². The Morgan fingerprint density at radius 3 is 2.74 bits per heavy atom. The van der Waals surface area contributed by atoms with E-state index < -0.39 is 0 Å². The number of rotatable bonds is 3. The van der Waals surface area contributed by atoms with E-state index in [1.807, 2.05) is 0 Å². The maximum atomic E-state index is 12.9. The van der Waals surface area contributed by atoms with E-state index in [2.05, 4.69) is 29.0 Å². The maximum absolute atomic E-state index is 12.9. The standard InChI is InChI=1S/C19H35N3O/c1-15-12-18(8-9-20-15)19(23)22-11-5-7-17(14-22)13-21-10-4-3-6-16(21)2/h15-18,20H,3-14H2,1-2H3/t15-,16?,17?,18-/m0/s1. The average molecular weight is 322 g/mol. The predicted octanol–water partition coefficient (Wildman–Crippen LogP) is 2.49. The van der Waals surface area contributed by atoms with E-state index in [4.69, 9.17) is 0 Å². The number of carbonyl (C=O) groups is 1. The van der Waals surface area contributed by atoms with Crippen molar-refractivity contribution < 1.29 is 4.79 Å². The third kappa shape index (κ3) is 4.48. The Bertz CT molecular complexity index is 400. The summed E-state index contributed by atoms with van der Waals surface area (Å²) in [6.45, 7) is 10.0. The van der Waals surface area contributed by atoms with Gasteiger partial charge in [-0.3, -0.25) is 4.79 Å². The fourth-order valence-electron chi connectivity index (χ4n) is 4.79. The highest BCUT2D eigenvalue weighted by molar-refractivity contribution is 5.79. The number of hydrogen-bond donors (Lipinski definition) is 1. The summed E-state index contributed by atoms with van der Waals surface area (Å²) >= 11 is 0. The van der Waals surface area contributed by atoms with Crippen LogP contribution in [0.4, 0.5) is 0 Å². The Morgan fingerprint density at radius 1 is 1.09 bits per heavy atom. The lowest BCUT2D eigenvalue weighted by Crippen LogP contribution is -2.50. The molecule has 1 N–H and O–H groups in total. The highest BCUT2D eigenvalue weighted by Crippen LogP contribution is 2.25. The van der Waals surface area contributed by atoms with Gasteiger partial charge in [-0.25, -0.2) is 0 Å². The second-order valence-corrected chi connectivity index (χ2v) is 8.21. The van der Waals surface area contributed by atoms with Gasteiger partial charge in [-0.15, -0.1) is 0 Å². The first-order valence-corrected chi connectivity index (χ1v) is 9.89. The minimum Gasteiger partial charge on any atom is -0.342 e. The molecule has 3 heterocycles. The van der Waals surface area contributed by atoms with Gasteiger partial charge in [0, 0.05) is 37.6 Å². The molecule has 4 nitrogen and oxygen atoms in total. The number of hydrogen-bond acceptors (Lipinski definition) is 3. The molecule has 0 radical (unpaired) electrons. The number of nitrogens with one attached hydrogen (secondary N) is 1.